The van der Waals surface area contributed by atoms with Gasteiger partial charge in [-0.05, 0) is 60.9 Å². The van der Waals surface area contributed by atoms with Crippen molar-refractivity contribution in [2.45, 2.75) is 58.5 Å². The van der Waals surface area contributed by atoms with E-state index >= 15 is 0 Å². The molecule has 1 aliphatic rings. The van der Waals surface area contributed by atoms with Crippen LogP contribution in [0.3, 0.4) is 0 Å². The van der Waals surface area contributed by atoms with E-state index in [0.717, 1.165) is 25.9 Å². The molecule has 1 atom stereocenters. The number of rotatable bonds is 7. The van der Waals surface area contributed by atoms with Crippen molar-refractivity contribution in [1.29, 1.82) is 0 Å². The summed E-state index contributed by atoms with van der Waals surface area (Å²) >= 11 is 0. The molecule has 0 bridgehead atoms. The van der Waals surface area contributed by atoms with Crippen molar-refractivity contribution >= 4 is 5.69 Å². The normalized spacial score (nSPS) is 17.7. The molecule has 0 amide bonds. The van der Waals surface area contributed by atoms with Crippen molar-refractivity contribution in [3.8, 4) is 0 Å². The molecular weight excluding hydrogens is 304 g/mol. The zero-order chi connectivity index (χ0) is 17.5. The second-order valence-corrected chi connectivity index (χ2v) is 7.17. The molecule has 1 saturated heterocycles. The van der Waals surface area contributed by atoms with Crippen LogP contribution in [0.15, 0.2) is 48.5 Å². The fourth-order valence-corrected chi connectivity index (χ4v) is 3.85. The Bertz CT molecular complexity index is 665. The number of benzene rings is 2. The van der Waals surface area contributed by atoms with E-state index in [0.29, 0.717) is 6.04 Å². The lowest BCUT2D eigenvalue weighted by atomic mass is 10.00. The summed E-state index contributed by atoms with van der Waals surface area (Å²) in [6.07, 6.45) is 6.17. The first-order chi connectivity index (χ1) is 12.3. The van der Waals surface area contributed by atoms with E-state index in [9.17, 15) is 0 Å². The number of nitrogens with zero attached hydrogens (tertiary/aromatic N) is 1. The fourth-order valence-electron chi connectivity index (χ4n) is 3.85. The van der Waals surface area contributed by atoms with Crippen LogP contribution < -0.4 is 10.2 Å². The Kier molecular flexibility index (Phi) is 6.52. The van der Waals surface area contributed by atoms with Crippen LogP contribution in [0.5, 0.6) is 0 Å². The molecule has 0 aliphatic carbocycles. The van der Waals surface area contributed by atoms with Crippen LogP contribution in [-0.2, 0) is 19.4 Å². The highest BCUT2D eigenvalue weighted by atomic mass is 15.2. The van der Waals surface area contributed by atoms with E-state index in [-0.39, 0.29) is 0 Å². The van der Waals surface area contributed by atoms with Crippen LogP contribution in [0.25, 0.3) is 0 Å². The van der Waals surface area contributed by atoms with E-state index in [4.69, 9.17) is 0 Å². The number of aryl methyl sites for hydroxylation is 2. The predicted octanol–water partition coefficient (Wildman–Crippen LogP) is 4.96. The van der Waals surface area contributed by atoms with Crippen LogP contribution in [0, 0.1) is 0 Å². The molecule has 134 valence electrons. The van der Waals surface area contributed by atoms with E-state index in [1.165, 1.54) is 48.2 Å². The van der Waals surface area contributed by atoms with Crippen LogP contribution in [0.2, 0.25) is 0 Å². The highest BCUT2D eigenvalue weighted by molar-refractivity contribution is 5.50. The summed E-state index contributed by atoms with van der Waals surface area (Å²) in [5.41, 5.74) is 5.66. The van der Waals surface area contributed by atoms with Crippen molar-refractivity contribution in [3.05, 3.63) is 65.2 Å². The number of hydrogen-bond donors (Lipinski definition) is 1. The third kappa shape index (κ3) is 4.85. The van der Waals surface area contributed by atoms with E-state index in [1.54, 1.807) is 0 Å². The summed E-state index contributed by atoms with van der Waals surface area (Å²) in [7, 11) is 0. The fraction of sp³-hybridized carbons (Fsp3) is 0.478. The van der Waals surface area contributed by atoms with Gasteiger partial charge >= 0.3 is 0 Å². The molecule has 0 aromatic heterocycles. The number of anilines is 1. The largest absolute Gasteiger partial charge is 0.367 e. The predicted molar refractivity (Wildman–Crippen MR) is 108 cm³/mol. The van der Waals surface area contributed by atoms with Gasteiger partial charge in [0.05, 0.1) is 0 Å². The first-order valence-corrected chi connectivity index (χ1v) is 9.94. The number of hydrogen-bond acceptors (Lipinski definition) is 2. The zero-order valence-electron chi connectivity index (χ0n) is 15.8. The van der Waals surface area contributed by atoms with Gasteiger partial charge in [-0.2, -0.15) is 0 Å². The third-order valence-electron chi connectivity index (χ3n) is 5.39. The van der Waals surface area contributed by atoms with E-state index < -0.39 is 0 Å². The second-order valence-electron chi connectivity index (χ2n) is 7.17. The van der Waals surface area contributed by atoms with Gasteiger partial charge < -0.3 is 10.2 Å². The van der Waals surface area contributed by atoms with Gasteiger partial charge in [0.25, 0.3) is 0 Å². The molecule has 25 heavy (non-hydrogen) atoms. The van der Waals surface area contributed by atoms with Gasteiger partial charge in [0.1, 0.15) is 0 Å². The highest BCUT2D eigenvalue weighted by Gasteiger charge is 2.22. The minimum absolute atomic E-state index is 0.607. The Labute approximate surface area is 153 Å². The molecule has 2 heteroatoms. The molecule has 2 aromatic carbocycles. The molecule has 1 aliphatic heterocycles. The van der Waals surface area contributed by atoms with Crippen LogP contribution in [0.4, 0.5) is 5.69 Å². The summed E-state index contributed by atoms with van der Waals surface area (Å²) in [6.45, 7) is 7.67. The second kappa shape index (κ2) is 9.05. The van der Waals surface area contributed by atoms with Crippen LogP contribution >= 0.6 is 0 Å². The lowest BCUT2D eigenvalue weighted by Crippen LogP contribution is -2.45. The van der Waals surface area contributed by atoms with Gasteiger partial charge in [-0.15, -0.1) is 0 Å². The maximum absolute atomic E-state index is 3.71. The van der Waals surface area contributed by atoms with Gasteiger partial charge in [0.2, 0.25) is 0 Å². The Morgan fingerprint density at radius 1 is 0.920 bits per heavy atom. The minimum atomic E-state index is 0.607. The maximum atomic E-state index is 3.71. The number of piperidine rings is 1. The summed E-state index contributed by atoms with van der Waals surface area (Å²) in [4.78, 5) is 2.62. The van der Waals surface area contributed by atoms with Crippen molar-refractivity contribution < 1.29 is 0 Å². The summed E-state index contributed by atoms with van der Waals surface area (Å²) in [5.74, 6) is 0. The molecule has 1 N–H and O–H groups in total. The van der Waals surface area contributed by atoms with E-state index in [2.05, 4.69) is 72.6 Å². The molecule has 1 unspecified atom stereocenters. The molecule has 1 fully saturated rings. The minimum Gasteiger partial charge on any atom is -0.367 e. The Balaban J connectivity index is 1.61. The molecule has 0 radical (unpaired) electrons. The van der Waals surface area contributed by atoms with Crippen molar-refractivity contribution in [2.75, 3.05) is 18.0 Å². The van der Waals surface area contributed by atoms with Gasteiger partial charge in [0, 0.05) is 31.4 Å². The molecule has 1 heterocycles. The average Bonchev–Trinajstić information content (AvgIpc) is 2.68. The number of nitrogens with one attached hydrogen (secondary N) is 1. The first kappa shape index (κ1) is 18.0. The lowest BCUT2D eigenvalue weighted by molar-refractivity contribution is 0.435. The molecule has 2 nitrogen and oxygen atoms in total. The Hall–Kier alpha value is -1.80. The Morgan fingerprint density at radius 3 is 2.44 bits per heavy atom. The maximum Gasteiger partial charge on any atom is 0.0414 e. The summed E-state index contributed by atoms with van der Waals surface area (Å²) < 4.78 is 0. The molecule has 2 aromatic rings. The van der Waals surface area contributed by atoms with Gasteiger partial charge in [-0.25, -0.2) is 0 Å². The van der Waals surface area contributed by atoms with E-state index in [1.807, 2.05) is 0 Å². The lowest BCUT2D eigenvalue weighted by Gasteiger charge is -2.38. The SMILES string of the molecule is CCc1cccc(CNCC2CCCCN2c2cccc(CC)c2)c1. The topological polar surface area (TPSA) is 15.3 Å². The van der Waals surface area contributed by atoms with Gasteiger partial charge in [-0.1, -0.05) is 50.2 Å². The van der Waals surface area contributed by atoms with Crippen molar-refractivity contribution in [1.82, 2.24) is 5.32 Å². The Morgan fingerprint density at radius 2 is 1.64 bits per heavy atom. The molecule has 0 spiro atoms. The monoisotopic (exact) mass is 336 g/mol. The zero-order valence-corrected chi connectivity index (χ0v) is 15.8. The van der Waals surface area contributed by atoms with Crippen molar-refractivity contribution in [3.63, 3.8) is 0 Å². The molecular formula is C23H32N2. The standard InChI is InChI=1S/C23H32N2/c1-3-19-9-7-11-21(15-19)17-24-18-23-12-5-6-14-25(23)22-13-8-10-20(4-2)16-22/h7-11,13,15-16,23-24H,3-6,12,14,17-18H2,1-2H3. The first-order valence-electron chi connectivity index (χ1n) is 9.94. The van der Waals surface area contributed by atoms with Gasteiger partial charge in [0.15, 0.2) is 0 Å². The van der Waals surface area contributed by atoms with Crippen molar-refractivity contribution in [2.24, 2.45) is 0 Å². The quantitative estimate of drug-likeness (QED) is 0.769. The van der Waals surface area contributed by atoms with Gasteiger partial charge in [-0.3, -0.25) is 0 Å². The van der Waals surface area contributed by atoms with Crippen LogP contribution in [-0.4, -0.2) is 19.1 Å². The van der Waals surface area contributed by atoms with Crippen LogP contribution in [0.1, 0.15) is 49.8 Å². The molecule has 3 rings (SSSR count). The summed E-state index contributed by atoms with van der Waals surface area (Å²) in [6, 6.07) is 18.7. The smallest absolute Gasteiger partial charge is 0.0414 e. The molecule has 0 saturated carbocycles. The third-order valence-corrected chi connectivity index (χ3v) is 5.39. The highest BCUT2D eigenvalue weighted by Crippen LogP contribution is 2.25. The average molecular weight is 337 g/mol. The summed E-state index contributed by atoms with van der Waals surface area (Å²) in [5, 5.41) is 3.71.